The number of nitrogens with zero attached hydrogens (tertiary/aromatic N) is 1. The van der Waals surface area contributed by atoms with E-state index >= 15 is 0 Å². The molecule has 2 heterocycles. The van der Waals surface area contributed by atoms with Gasteiger partial charge in [0.05, 0.1) is 6.20 Å². The molecule has 1 fully saturated rings. The van der Waals surface area contributed by atoms with Crippen molar-refractivity contribution in [2.75, 3.05) is 6.61 Å². The van der Waals surface area contributed by atoms with Crippen molar-refractivity contribution in [3.05, 3.63) is 11.9 Å². The molecule has 35 heavy (non-hydrogen) atoms. The van der Waals surface area contributed by atoms with Crippen LogP contribution in [-0.4, -0.2) is 68.5 Å². The molecule has 5 N–H and O–H groups in total. The van der Waals surface area contributed by atoms with E-state index in [2.05, 4.69) is 22.4 Å². The Morgan fingerprint density at radius 3 is 2.09 bits per heavy atom. The number of aromatic nitrogens is 2. The molecule has 1 aromatic heterocycles. The van der Waals surface area contributed by atoms with Crippen molar-refractivity contribution in [2.45, 2.75) is 121 Å². The minimum atomic E-state index is -1.41. The third-order valence-electron chi connectivity index (χ3n) is 6.38. The van der Waals surface area contributed by atoms with Gasteiger partial charge in [0.2, 0.25) is 0 Å². The number of amides is 1. The number of esters is 1. The third kappa shape index (κ3) is 10.5. The highest BCUT2D eigenvalue weighted by atomic mass is 16.6. The van der Waals surface area contributed by atoms with E-state index in [1.807, 2.05) is 0 Å². The fourth-order valence-electron chi connectivity index (χ4n) is 4.19. The van der Waals surface area contributed by atoms with Gasteiger partial charge in [-0.25, -0.2) is 0 Å². The molecule has 10 heteroatoms. The van der Waals surface area contributed by atoms with Crippen LogP contribution >= 0.6 is 0 Å². The molecule has 1 unspecified atom stereocenters. The SMILES string of the molecule is CCCCCCCCCCCCCCCC(=O)OC[C@H]1OC(NC(=O)c2[nH]ncc2O)[C@H](O)[C@@H]1O. The van der Waals surface area contributed by atoms with E-state index in [1.54, 1.807) is 0 Å². The lowest BCUT2D eigenvalue weighted by Gasteiger charge is -2.15. The summed E-state index contributed by atoms with van der Waals surface area (Å²) in [6, 6.07) is 0. The second-order valence-electron chi connectivity index (χ2n) is 9.36. The average Bonchev–Trinajstić information content (AvgIpc) is 3.39. The normalized spacial score (nSPS) is 21.8. The number of unbranched alkanes of at least 4 members (excludes halogenated alkanes) is 12. The van der Waals surface area contributed by atoms with E-state index in [0.717, 1.165) is 25.5 Å². The lowest BCUT2D eigenvalue weighted by molar-refractivity contribution is -0.149. The quantitative estimate of drug-likeness (QED) is 0.153. The Hall–Kier alpha value is -2.17. The summed E-state index contributed by atoms with van der Waals surface area (Å²) in [5, 5.41) is 38.0. The zero-order chi connectivity index (χ0) is 25.5. The van der Waals surface area contributed by atoms with Gasteiger partial charge in [0.15, 0.2) is 17.7 Å². The van der Waals surface area contributed by atoms with Crippen molar-refractivity contribution in [1.82, 2.24) is 15.5 Å². The maximum absolute atomic E-state index is 12.1. The molecule has 1 aromatic rings. The number of ether oxygens (including phenoxy) is 2. The summed E-state index contributed by atoms with van der Waals surface area (Å²) in [4.78, 5) is 24.1. The largest absolute Gasteiger partial charge is 0.504 e. The molecule has 1 amide bonds. The first-order valence-corrected chi connectivity index (χ1v) is 13.1. The van der Waals surface area contributed by atoms with E-state index in [9.17, 15) is 24.9 Å². The van der Waals surface area contributed by atoms with Crippen molar-refractivity contribution in [2.24, 2.45) is 0 Å². The van der Waals surface area contributed by atoms with E-state index in [1.165, 1.54) is 64.2 Å². The van der Waals surface area contributed by atoms with Gasteiger partial charge in [-0.15, -0.1) is 0 Å². The van der Waals surface area contributed by atoms with Gasteiger partial charge in [0.1, 0.15) is 24.9 Å². The average molecular weight is 498 g/mol. The summed E-state index contributed by atoms with van der Waals surface area (Å²) in [6.07, 6.45) is 12.4. The molecule has 2 rings (SSSR count). The van der Waals surface area contributed by atoms with Crippen LogP contribution in [0.3, 0.4) is 0 Å². The number of aliphatic hydroxyl groups is 2. The molecule has 0 bridgehead atoms. The number of H-pyrrole nitrogens is 1. The molecule has 0 saturated carbocycles. The van der Waals surface area contributed by atoms with Crippen LogP contribution in [0.2, 0.25) is 0 Å². The van der Waals surface area contributed by atoms with Crippen LogP contribution in [0.25, 0.3) is 0 Å². The number of aliphatic hydroxyl groups excluding tert-OH is 2. The maximum Gasteiger partial charge on any atom is 0.305 e. The molecule has 0 spiro atoms. The van der Waals surface area contributed by atoms with Gasteiger partial charge in [-0.2, -0.15) is 5.10 Å². The summed E-state index contributed by atoms with van der Waals surface area (Å²) in [5.41, 5.74) is -0.192. The molecule has 0 aliphatic carbocycles. The Morgan fingerprint density at radius 1 is 0.971 bits per heavy atom. The van der Waals surface area contributed by atoms with Crippen LogP contribution in [0.4, 0.5) is 0 Å². The second kappa shape index (κ2) is 16.5. The van der Waals surface area contributed by atoms with Crippen LogP contribution < -0.4 is 5.32 Å². The number of nitrogens with one attached hydrogen (secondary N) is 2. The Morgan fingerprint density at radius 2 is 1.54 bits per heavy atom. The third-order valence-corrected chi connectivity index (χ3v) is 6.38. The van der Waals surface area contributed by atoms with Gasteiger partial charge in [-0.3, -0.25) is 14.7 Å². The summed E-state index contributed by atoms with van der Waals surface area (Å²) >= 11 is 0. The van der Waals surface area contributed by atoms with E-state index < -0.39 is 30.4 Å². The Kier molecular flexibility index (Phi) is 13.7. The number of carbonyl (C=O) groups is 2. The zero-order valence-corrected chi connectivity index (χ0v) is 20.9. The van der Waals surface area contributed by atoms with Gasteiger partial charge in [0.25, 0.3) is 5.91 Å². The van der Waals surface area contributed by atoms with Crippen molar-refractivity contribution in [3.63, 3.8) is 0 Å². The molecular weight excluding hydrogens is 454 g/mol. The molecule has 10 nitrogen and oxygen atoms in total. The molecule has 1 aliphatic rings. The molecule has 0 radical (unpaired) electrons. The van der Waals surface area contributed by atoms with Gasteiger partial charge in [-0.1, -0.05) is 84.0 Å². The Bertz CT molecular complexity index is 742. The molecule has 200 valence electrons. The number of aromatic amines is 1. The monoisotopic (exact) mass is 497 g/mol. The molecule has 1 aliphatic heterocycles. The van der Waals surface area contributed by atoms with Crippen LogP contribution in [0.15, 0.2) is 6.20 Å². The number of hydrogen-bond donors (Lipinski definition) is 5. The van der Waals surface area contributed by atoms with Gasteiger partial charge < -0.3 is 30.1 Å². The van der Waals surface area contributed by atoms with Crippen molar-refractivity contribution in [3.8, 4) is 5.75 Å². The molecular formula is C25H43N3O7. The molecule has 0 aromatic carbocycles. The van der Waals surface area contributed by atoms with Gasteiger partial charge in [0, 0.05) is 6.42 Å². The van der Waals surface area contributed by atoms with E-state index in [4.69, 9.17) is 9.47 Å². The lowest BCUT2D eigenvalue weighted by Crippen LogP contribution is -2.43. The first-order valence-electron chi connectivity index (χ1n) is 13.1. The van der Waals surface area contributed by atoms with E-state index in [0.29, 0.717) is 6.42 Å². The number of rotatable bonds is 18. The number of carbonyl (C=O) groups excluding carboxylic acids is 2. The summed E-state index contributed by atoms with van der Waals surface area (Å²) < 4.78 is 10.6. The number of hydrogen-bond acceptors (Lipinski definition) is 8. The fraction of sp³-hybridized carbons (Fsp3) is 0.800. The maximum atomic E-state index is 12.1. The first kappa shape index (κ1) is 29.1. The van der Waals surface area contributed by atoms with E-state index in [-0.39, 0.29) is 24.0 Å². The molecule has 1 saturated heterocycles. The van der Waals surface area contributed by atoms with Crippen LogP contribution in [0, 0.1) is 0 Å². The molecule has 4 atom stereocenters. The summed E-state index contributed by atoms with van der Waals surface area (Å²) in [5.74, 6) is -1.49. The lowest BCUT2D eigenvalue weighted by atomic mass is 10.0. The smallest absolute Gasteiger partial charge is 0.305 e. The van der Waals surface area contributed by atoms with Gasteiger partial charge >= 0.3 is 5.97 Å². The highest BCUT2D eigenvalue weighted by molar-refractivity contribution is 5.94. The summed E-state index contributed by atoms with van der Waals surface area (Å²) in [7, 11) is 0. The number of aromatic hydroxyl groups is 1. The van der Waals surface area contributed by atoms with Crippen LogP contribution in [-0.2, 0) is 14.3 Å². The predicted octanol–water partition coefficient (Wildman–Crippen LogP) is 3.32. The highest BCUT2D eigenvalue weighted by Gasteiger charge is 2.44. The van der Waals surface area contributed by atoms with Crippen LogP contribution in [0.5, 0.6) is 5.75 Å². The summed E-state index contributed by atoms with van der Waals surface area (Å²) in [6.45, 7) is 2.01. The minimum Gasteiger partial charge on any atom is -0.504 e. The van der Waals surface area contributed by atoms with Crippen molar-refractivity contribution in [1.29, 1.82) is 0 Å². The van der Waals surface area contributed by atoms with Gasteiger partial charge in [-0.05, 0) is 6.42 Å². The minimum absolute atomic E-state index is 0.192. The Labute approximate surface area is 207 Å². The van der Waals surface area contributed by atoms with Crippen molar-refractivity contribution < 1.29 is 34.4 Å². The topological polar surface area (TPSA) is 154 Å². The predicted molar refractivity (Wildman–Crippen MR) is 130 cm³/mol. The van der Waals surface area contributed by atoms with Crippen LogP contribution in [0.1, 0.15) is 107 Å². The fourth-order valence-corrected chi connectivity index (χ4v) is 4.19. The first-order chi connectivity index (χ1) is 16.9. The highest BCUT2D eigenvalue weighted by Crippen LogP contribution is 2.22. The second-order valence-corrected chi connectivity index (χ2v) is 9.36. The Balaban J connectivity index is 1.49. The standard InChI is InChI=1S/C25H43N3O7/c1-2-3-4-5-6-7-8-9-10-11-12-13-14-15-20(30)34-17-19-22(31)23(32)25(35-19)27-24(33)21-18(29)16-26-28-21/h16,19,22-23,25,29,31-32H,2-15,17H2,1H3,(H,26,28)(H,27,33)/t19-,22-,23-,25?/m1/s1. The van der Waals surface area contributed by atoms with Crippen molar-refractivity contribution >= 4 is 11.9 Å². The zero-order valence-electron chi connectivity index (χ0n) is 20.9.